The van der Waals surface area contributed by atoms with Gasteiger partial charge in [-0.2, -0.15) is 0 Å². The Morgan fingerprint density at radius 3 is 2.72 bits per heavy atom. The molecule has 130 valence electrons. The van der Waals surface area contributed by atoms with Crippen molar-refractivity contribution in [3.63, 3.8) is 0 Å². The maximum Gasteiger partial charge on any atom is 0.337 e. The van der Waals surface area contributed by atoms with Gasteiger partial charge in [-0.05, 0) is 24.5 Å². The summed E-state index contributed by atoms with van der Waals surface area (Å²) in [5.41, 5.74) is 1.41. The Labute approximate surface area is 146 Å². The van der Waals surface area contributed by atoms with Gasteiger partial charge in [-0.3, -0.25) is 9.78 Å². The minimum absolute atomic E-state index is 0.00435. The van der Waals surface area contributed by atoms with Gasteiger partial charge in [0.25, 0.3) is 5.91 Å². The smallest absolute Gasteiger partial charge is 0.337 e. The number of benzene rings is 1. The van der Waals surface area contributed by atoms with Crippen LogP contribution in [-0.4, -0.2) is 46.1 Å². The molecule has 1 fully saturated rings. The molecule has 3 rings (SSSR count). The number of pyridine rings is 1. The highest BCUT2D eigenvalue weighted by Crippen LogP contribution is 2.21. The molecule has 1 saturated heterocycles. The minimum Gasteiger partial charge on any atom is -0.478 e. The number of hydrogen-bond acceptors (Lipinski definition) is 4. The van der Waals surface area contributed by atoms with E-state index in [2.05, 4.69) is 4.98 Å². The third-order valence-electron chi connectivity index (χ3n) is 4.29. The molecule has 0 spiro atoms. The number of ether oxygens (including phenoxy) is 1. The summed E-state index contributed by atoms with van der Waals surface area (Å²) < 4.78 is 5.78. The van der Waals surface area contributed by atoms with Crippen LogP contribution in [0.5, 0.6) is 0 Å². The Morgan fingerprint density at radius 1 is 1.20 bits per heavy atom. The van der Waals surface area contributed by atoms with Crippen LogP contribution in [-0.2, 0) is 11.3 Å². The first-order chi connectivity index (χ1) is 12.1. The van der Waals surface area contributed by atoms with Gasteiger partial charge in [0.2, 0.25) is 0 Å². The second-order valence-corrected chi connectivity index (χ2v) is 6.06. The van der Waals surface area contributed by atoms with Gasteiger partial charge >= 0.3 is 5.97 Å². The maximum atomic E-state index is 12.7. The molecule has 25 heavy (non-hydrogen) atoms. The number of likely N-dealkylation sites (tertiary alicyclic amines) is 1. The van der Waals surface area contributed by atoms with E-state index in [0.29, 0.717) is 25.3 Å². The number of amides is 1. The Kier molecular flexibility index (Phi) is 5.40. The summed E-state index contributed by atoms with van der Waals surface area (Å²) in [5.74, 6) is -1.28. The van der Waals surface area contributed by atoms with Crippen LogP contribution in [0.1, 0.15) is 39.1 Å². The second kappa shape index (κ2) is 7.90. The number of aromatic nitrogens is 1. The highest BCUT2D eigenvalue weighted by atomic mass is 16.5. The average Bonchev–Trinajstić information content (AvgIpc) is 3.10. The zero-order valence-corrected chi connectivity index (χ0v) is 13.8. The minimum atomic E-state index is -1.09. The molecule has 0 aliphatic carbocycles. The van der Waals surface area contributed by atoms with Gasteiger partial charge < -0.3 is 14.7 Å². The number of aromatic carboxylic acids is 1. The fraction of sp³-hybridized carbons (Fsp3) is 0.316. The summed E-state index contributed by atoms with van der Waals surface area (Å²) in [6.45, 7) is 1.62. The lowest BCUT2D eigenvalue weighted by molar-refractivity contribution is 0.0497. The molecular formula is C19H20N2O4. The first-order valence-corrected chi connectivity index (χ1v) is 8.26. The van der Waals surface area contributed by atoms with E-state index in [1.165, 1.54) is 18.5 Å². The van der Waals surface area contributed by atoms with E-state index >= 15 is 0 Å². The van der Waals surface area contributed by atoms with E-state index in [0.717, 1.165) is 18.4 Å². The Balaban J connectivity index is 1.61. The molecule has 1 N–H and O–H groups in total. The van der Waals surface area contributed by atoms with Crippen LogP contribution >= 0.6 is 0 Å². The molecule has 2 heterocycles. The summed E-state index contributed by atoms with van der Waals surface area (Å²) >= 11 is 0. The zero-order valence-electron chi connectivity index (χ0n) is 13.8. The summed E-state index contributed by atoms with van der Waals surface area (Å²) in [6, 6.07) is 11.3. The van der Waals surface area contributed by atoms with Crippen molar-refractivity contribution >= 4 is 11.9 Å². The van der Waals surface area contributed by atoms with Crippen molar-refractivity contribution in [1.82, 2.24) is 9.88 Å². The molecular weight excluding hydrogens is 320 g/mol. The monoisotopic (exact) mass is 340 g/mol. The summed E-state index contributed by atoms with van der Waals surface area (Å²) in [4.78, 5) is 29.4. The molecule has 1 atom stereocenters. The third kappa shape index (κ3) is 4.22. The lowest BCUT2D eigenvalue weighted by Crippen LogP contribution is -2.38. The van der Waals surface area contributed by atoms with Crippen molar-refractivity contribution in [2.75, 3.05) is 13.2 Å². The maximum absolute atomic E-state index is 12.7. The van der Waals surface area contributed by atoms with Crippen molar-refractivity contribution in [2.24, 2.45) is 0 Å². The number of hydrogen-bond donors (Lipinski definition) is 1. The fourth-order valence-corrected chi connectivity index (χ4v) is 3.00. The van der Waals surface area contributed by atoms with Crippen LogP contribution in [0.2, 0.25) is 0 Å². The number of rotatable bonds is 6. The molecule has 0 radical (unpaired) electrons. The molecule has 1 aliphatic rings. The van der Waals surface area contributed by atoms with Crippen molar-refractivity contribution < 1.29 is 19.4 Å². The molecule has 0 unspecified atom stereocenters. The molecule has 1 aromatic heterocycles. The SMILES string of the molecule is O=C(O)c1cncc(C(=O)N2CCC[C@@H]2COCc2ccccc2)c1. The van der Waals surface area contributed by atoms with Gasteiger partial charge in [-0.25, -0.2) is 4.79 Å². The van der Waals surface area contributed by atoms with E-state index in [9.17, 15) is 9.59 Å². The van der Waals surface area contributed by atoms with Crippen molar-refractivity contribution in [3.05, 3.63) is 65.5 Å². The topological polar surface area (TPSA) is 79.7 Å². The number of carbonyl (C=O) groups is 2. The number of nitrogens with zero attached hydrogens (tertiary/aromatic N) is 2. The normalized spacial score (nSPS) is 16.8. The van der Waals surface area contributed by atoms with Crippen LogP contribution in [0.4, 0.5) is 0 Å². The summed E-state index contributed by atoms with van der Waals surface area (Å²) in [6.07, 6.45) is 4.45. The van der Waals surface area contributed by atoms with Crippen LogP contribution in [0, 0.1) is 0 Å². The Bertz CT molecular complexity index is 748. The first kappa shape index (κ1) is 17.1. The van der Waals surface area contributed by atoms with Crippen molar-refractivity contribution in [1.29, 1.82) is 0 Å². The van der Waals surface area contributed by atoms with Gasteiger partial charge in [0.05, 0.1) is 30.4 Å². The van der Waals surface area contributed by atoms with Gasteiger partial charge in [-0.1, -0.05) is 30.3 Å². The van der Waals surface area contributed by atoms with Gasteiger partial charge in [0.1, 0.15) is 0 Å². The molecule has 0 saturated carbocycles. The molecule has 2 aromatic rings. The van der Waals surface area contributed by atoms with Gasteiger partial charge in [0, 0.05) is 18.9 Å². The number of carboxylic acids is 1. The van der Waals surface area contributed by atoms with Crippen LogP contribution in [0.15, 0.2) is 48.8 Å². The van der Waals surface area contributed by atoms with Gasteiger partial charge in [-0.15, -0.1) is 0 Å². The van der Waals surface area contributed by atoms with Crippen molar-refractivity contribution in [3.8, 4) is 0 Å². The largest absolute Gasteiger partial charge is 0.478 e. The molecule has 6 nitrogen and oxygen atoms in total. The predicted octanol–water partition coefficient (Wildman–Crippen LogP) is 2.60. The van der Waals surface area contributed by atoms with Gasteiger partial charge in [0.15, 0.2) is 0 Å². The quantitative estimate of drug-likeness (QED) is 0.874. The van der Waals surface area contributed by atoms with Crippen LogP contribution in [0.25, 0.3) is 0 Å². The molecule has 1 aromatic carbocycles. The molecule has 6 heteroatoms. The number of carboxylic acid groups (broad SMARTS) is 1. The summed E-state index contributed by atoms with van der Waals surface area (Å²) in [7, 11) is 0. The zero-order chi connectivity index (χ0) is 17.6. The molecule has 1 aliphatic heterocycles. The Morgan fingerprint density at radius 2 is 1.96 bits per heavy atom. The van der Waals surface area contributed by atoms with Crippen molar-refractivity contribution in [2.45, 2.75) is 25.5 Å². The molecule has 0 bridgehead atoms. The van der Waals surface area contributed by atoms with Crippen LogP contribution < -0.4 is 0 Å². The number of carbonyl (C=O) groups excluding carboxylic acids is 1. The van der Waals surface area contributed by atoms with E-state index in [1.54, 1.807) is 4.90 Å². The lowest BCUT2D eigenvalue weighted by Gasteiger charge is -2.24. The highest BCUT2D eigenvalue weighted by molar-refractivity contribution is 5.97. The van der Waals surface area contributed by atoms with E-state index < -0.39 is 5.97 Å². The van der Waals surface area contributed by atoms with E-state index in [1.807, 2.05) is 30.3 Å². The first-order valence-electron chi connectivity index (χ1n) is 8.26. The van der Waals surface area contributed by atoms with E-state index in [4.69, 9.17) is 9.84 Å². The third-order valence-corrected chi connectivity index (χ3v) is 4.29. The Hall–Kier alpha value is -2.73. The lowest BCUT2D eigenvalue weighted by atomic mass is 10.1. The fourth-order valence-electron chi connectivity index (χ4n) is 3.00. The second-order valence-electron chi connectivity index (χ2n) is 6.06. The molecule has 1 amide bonds. The predicted molar refractivity (Wildman–Crippen MR) is 91.4 cm³/mol. The average molecular weight is 340 g/mol. The van der Waals surface area contributed by atoms with E-state index in [-0.39, 0.29) is 17.5 Å². The van der Waals surface area contributed by atoms with Crippen LogP contribution in [0.3, 0.4) is 0 Å². The highest BCUT2D eigenvalue weighted by Gasteiger charge is 2.30. The summed E-state index contributed by atoms with van der Waals surface area (Å²) in [5, 5.41) is 9.05. The standard InChI is InChI=1S/C19H20N2O4/c22-18(15-9-16(19(23)24)11-20-10-15)21-8-4-7-17(21)13-25-12-14-5-2-1-3-6-14/h1-3,5-6,9-11,17H,4,7-8,12-13H2,(H,23,24)/t17-/m1/s1.